The van der Waals surface area contributed by atoms with Crippen molar-refractivity contribution in [2.24, 2.45) is 0 Å². The molecule has 1 nitrogen and oxygen atoms in total. The quantitative estimate of drug-likeness (QED) is 0.797. The first-order valence-electron chi connectivity index (χ1n) is 6.18. The van der Waals surface area contributed by atoms with Crippen molar-refractivity contribution < 1.29 is 5.11 Å². The minimum atomic E-state index is -0.951. The third kappa shape index (κ3) is 3.60. The molecule has 1 aromatic carbocycles. The number of hydrogen-bond acceptors (Lipinski definition) is 2. The van der Waals surface area contributed by atoms with E-state index in [0.717, 1.165) is 16.5 Å². The molecule has 19 heavy (non-hydrogen) atoms. The minimum absolute atomic E-state index is 0.582. The third-order valence-electron chi connectivity index (χ3n) is 3.10. The van der Waals surface area contributed by atoms with Crippen LogP contribution in [0, 0.1) is 0 Å². The zero-order valence-electron chi connectivity index (χ0n) is 10.9. The standard InChI is InChI=1S/C15H16BrClOS/c1-3-11-5-6-12(19-11)9-15(2,18)13-7-4-10(16)8-14(13)17/h4-8,18H,3,9H2,1-2H3. The van der Waals surface area contributed by atoms with Gasteiger partial charge in [-0.3, -0.25) is 0 Å². The van der Waals surface area contributed by atoms with Gasteiger partial charge >= 0.3 is 0 Å². The zero-order valence-corrected chi connectivity index (χ0v) is 14.1. The number of aryl methyl sites for hydroxylation is 1. The molecule has 0 radical (unpaired) electrons. The number of aliphatic hydroxyl groups is 1. The molecule has 1 aromatic heterocycles. The van der Waals surface area contributed by atoms with Crippen LogP contribution in [0.1, 0.15) is 29.2 Å². The summed E-state index contributed by atoms with van der Waals surface area (Å²) in [6.45, 7) is 3.95. The van der Waals surface area contributed by atoms with Crippen LogP contribution in [0.15, 0.2) is 34.8 Å². The average Bonchev–Trinajstić information content (AvgIpc) is 2.75. The first-order valence-corrected chi connectivity index (χ1v) is 8.16. The second kappa shape index (κ2) is 5.96. The van der Waals surface area contributed by atoms with Crippen LogP contribution in [0.5, 0.6) is 0 Å². The number of benzene rings is 1. The fourth-order valence-corrected chi connectivity index (χ4v) is 4.05. The van der Waals surface area contributed by atoms with Crippen LogP contribution < -0.4 is 0 Å². The first-order chi connectivity index (χ1) is 8.92. The molecule has 0 aliphatic rings. The molecule has 1 heterocycles. The molecular formula is C15H16BrClOS. The lowest BCUT2D eigenvalue weighted by molar-refractivity contribution is 0.0586. The smallest absolute Gasteiger partial charge is 0.0930 e. The number of thiophene rings is 1. The maximum atomic E-state index is 10.7. The van der Waals surface area contributed by atoms with Gasteiger partial charge in [0.15, 0.2) is 0 Å². The topological polar surface area (TPSA) is 20.2 Å². The molecule has 102 valence electrons. The Bertz CT molecular complexity index is 577. The van der Waals surface area contributed by atoms with E-state index in [9.17, 15) is 5.11 Å². The lowest BCUT2D eigenvalue weighted by Crippen LogP contribution is -2.24. The zero-order chi connectivity index (χ0) is 14.0. The van der Waals surface area contributed by atoms with Gasteiger partial charge < -0.3 is 5.11 Å². The van der Waals surface area contributed by atoms with E-state index >= 15 is 0 Å². The Kier molecular flexibility index (Phi) is 4.72. The van der Waals surface area contributed by atoms with Gasteiger partial charge in [-0.05, 0) is 37.6 Å². The van der Waals surface area contributed by atoms with Crippen LogP contribution in [-0.4, -0.2) is 5.11 Å². The minimum Gasteiger partial charge on any atom is -0.385 e. The van der Waals surface area contributed by atoms with Crippen LogP contribution in [0.25, 0.3) is 0 Å². The van der Waals surface area contributed by atoms with Gasteiger partial charge in [0.25, 0.3) is 0 Å². The molecule has 0 aliphatic carbocycles. The molecule has 0 aliphatic heterocycles. The Hall–Kier alpha value is -0.350. The lowest BCUT2D eigenvalue weighted by atomic mass is 9.92. The molecule has 2 aromatic rings. The van der Waals surface area contributed by atoms with Gasteiger partial charge in [0, 0.05) is 31.2 Å². The van der Waals surface area contributed by atoms with Crippen LogP contribution in [0.2, 0.25) is 5.02 Å². The van der Waals surface area contributed by atoms with E-state index in [2.05, 4.69) is 35.0 Å². The summed E-state index contributed by atoms with van der Waals surface area (Å²) >= 11 is 11.4. The second-order valence-corrected chi connectivity index (χ2v) is 7.37. The molecule has 4 heteroatoms. The maximum absolute atomic E-state index is 10.7. The average molecular weight is 360 g/mol. The third-order valence-corrected chi connectivity index (χ3v) is 5.13. The van der Waals surface area contributed by atoms with Crippen molar-refractivity contribution >= 4 is 38.9 Å². The Balaban J connectivity index is 2.26. The molecular weight excluding hydrogens is 344 g/mol. The van der Waals surface area contributed by atoms with Crippen molar-refractivity contribution in [3.63, 3.8) is 0 Å². The largest absolute Gasteiger partial charge is 0.385 e. The van der Waals surface area contributed by atoms with Crippen molar-refractivity contribution in [3.05, 3.63) is 55.1 Å². The summed E-state index contributed by atoms with van der Waals surface area (Å²) in [6.07, 6.45) is 1.62. The highest BCUT2D eigenvalue weighted by molar-refractivity contribution is 9.10. The molecule has 2 rings (SSSR count). The van der Waals surface area contributed by atoms with Crippen molar-refractivity contribution in [2.45, 2.75) is 32.3 Å². The summed E-state index contributed by atoms with van der Waals surface area (Å²) in [7, 11) is 0. The highest BCUT2D eigenvalue weighted by atomic mass is 79.9. The molecule has 1 atom stereocenters. The summed E-state index contributed by atoms with van der Waals surface area (Å²) in [5, 5.41) is 11.3. The number of halogens is 2. The van der Waals surface area contributed by atoms with E-state index in [1.807, 2.05) is 25.1 Å². The van der Waals surface area contributed by atoms with Gasteiger partial charge in [-0.1, -0.05) is 40.5 Å². The van der Waals surface area contributed by atoms with Gasteiger partial charge in [-0.2, -0.15) is 0 Å². The number of hydrogen-bond donors (Lipinski definition) is 1. The Labute approximate surface area is 131 Å². The highest BCUT2D eigenvalue weighted by Crippen LogP contribution is 2.34. The van der Waals surface area contributed by atoms with Crippen LogP contribution >= 0.6 is 38.9 Å². The van der Waals surface area contributed by atoms with Gasteiger partial charge in [0.2, 0.25) is 0 Å². The van der Waals surface area contributed by atoms with E-state index in [1.165, 1.54) is 9.75 Å². The molecule has 0 fully saturated rings. The Morgan fingerprint density at radius 1 is 1.26 bits per heavy atom. The predicted octanol–water partition coefficient (Wildman–Crippen LogP) is 5.18. The molecule has 0 bridgehead atoms. The predicted molar refractivity (Wildman–Crippen MR) is 86.1 cm³/mol. The van der Waals surface area contributed by atoms with Crippen molar-refractivity contribution in [1.29, 1.82) is 0 Å². The summed E-state index contributed by atoms with van der Waals surface area (Å²) in [6, 6.07) is 9.81. The van der Waals surface area contributed by atoms with Crippen LogP contribution in [-0.2, 0) is 18.4 Å². The molecule has 1 N–H and O–H groups in total. The SMILES string of the molecule is CCc1ccc(CC(C)(O)c2ccc(Br)cc2Cl)s1. The maximum Gasteiger partial charge on any atom is 0.0930 e. The highest BCUT2D eigenvalue weighted by Gasteiger charge is 2.26. The van der Waals surface area contributed by atoms with Gasteiger partial charge in [0.05, 0.1) is 5.60 Å². The molecule has 0 saturated carbocycles. The lowest BCUT2D eigenvalue weighted by Gasteiger charge is -2.24. The monoisotopic (exact) mass is 358 g/mol. The van der Waals surface area contributed by atoms with Crippen molar-refractivity contribution in [3.8, 4) is 0 Å². The van der Waals surface area contributed by atoms with E-state index in [0.29, 0.717) is 11.4 Å². The van der Waals surface area contributed by atoms with Crippen LogP contribution in [0.3, 0.4) is 0 Å². The van der Waals surface area contributed by atoms with E-state index in [1.54, 1.807) is 11.3 Å². The fourth-order valence-electron chi connectivity index (χ4n) is 2.07. The molecule has 0 amide bonds. The second-order valence-electron chi connectivity index (χ2n) is 4.80. The van der Waals surface area contributed by atoms with E-state index in [-0.39, 0.29) is 0 Å². The first kappa shape index (κ1) is 15.0. The normalized spacial score (nSPS) is 14.4. The summed E-state index contributed by atoms with van der Waals surface area (Å²) in [5.74, 6) is 0. The molecule has 1 unspecified atom stereocenters. The van der Waals surface area contributed by atoms with Crippen molar-refractivity contribution in [2.75, 3.05) is 0 Å². The van der Waals surface area contributed by atoms with Gasteiger partial charge in [-0.25, -0.2) is 0 Å². The Morgan fingerprint density at radius 2 is 1.95 bits per heavy atom. The van der Waals surface area contributed by atoms with E-state index < -0.39 is 5.60 Å². The number of rotatable bonds is 4. The van der Waals surface area contributed by atoms with Crippen LogP contribution in [0.4, 0.5) is 0 Å². The van der Waals surface area contributed by atoms with Gasteiger partial charge in [-0.15, -0.1) is 11.3 Å². The van der Waals surface area contributed by atoms with Gasteiger partial charge in [0.1, 0.15) is 0 Å². The summed E-state index contributed by atoms with van der Waals surface area (Å²) in [4.78, 5) is 2.52. The summed E-state index contributed by atoms with van der Waals surface area (Å²) < 4.78 is 0.918. The Morgan fingerprint density at radius 3 is 2.53 bits per heavy atom. The summed E-state index contributed by atoms with van der Waals surface area (Å²) in [5.41, 5.74) is -0.183. The molecule has 0 spiro atoms. The van der Waals surface area contributed by atoms with Crippen molar-refractivity contribution in [1.82, 2.24) is 0 Å². The fraction of sp³-hybridized carbons (Fsp3) is 0.333. The van der Waals surface area contributed by atoms with E-state index in [4.69, 9.17) is 11.6 Å². The molecule has 0 saturated heterocycles.